The molecule has 0 aliphatic heterocycles. The van der Waals surface area contributed by atoms with Gasteiger partial charge in [-0.2, -0.15) is 0 Å². The molecule has 0 amide bonds. The number of sulfonamides is 1. The van der Waals surface area contributed by atoms with E-state index in [4.69, 9.17) is 0 Å². The highest BCUT2D eigenvalue weighted by atomic mass is 32.2. The maximum absolute atomic E-state index is 11.9. The normalized spacial score (nSPS) is 12.2. The van der Waals surface area contributed by atoms with E-state index in [0.717, 1.165) is 35.8 Å². The minimum absolute atomic E-state index is 0.241. The molecule has 2 rings (SSSR count). The summed E-state index contributed by atoms with van der Waals surface area (Å²) >= 11 is 1.72. The van der Waals surface area contributed by atoms with Crippen LogP contribution in [0.5, 0.6) is 0 Å². The van der Waals surface area contributed by atoms with E-state index in [1.165, 1.54) is 11.9 Å². The van der Waals surface area contributed by atoms with Crippen LogP contribution in [0.2, 0.25) is 0 Å². The van der Waals surface area contributed by atoms with Crippen molar-refractivity contribution < 1.29 is 8.42 Å². The van der Waals surface area contributed by atoms with Crippen molar-refractivity contribution in [3.05, 3.63) is 45.4 Å². The first-order chi connectivity index (χ1) is 12.9. The molecule has 2 aromatic rings. The Hall–Kier alpha value is -1.97. The van der Waals surface area contributed by atoms with Crippen LogP contribution in [-0.4, -0.2) is 39.5 Å². The number of nitrogens with one attached hydrogen (secondary N) is 3. The Morgan fingerprint density at radius 2 is 2.04 bits per heavy atom. The second kappa shape index (κ2) is 9.82. The molecule has 9 heteroatoms. The van der Waals surface area contributed by atoms with Gasteiger partial charge in [-0.15, -0.1) is 11.3 Å². The Labute approximate surface area is 165 Å². The summed E-state index contributed by atoms with van der Waals surface area (Å²) in [4.78, 5) is 10.6. The summed E-state index contributed by atoms with van der Waals surface area (Å²) in [6, 6.07) is 6.80. The van der Waals surface area contributed by atoms with Gasteiger partial charge in [-0.05, 0) is 45.5 Å². The van der Waals surface area contributed by atoms with E-state index in [-0.39, 0.29) is 4.90 Å². The summed E-state index contributed by atoms with van der Waals surface area (Å²) in [5, 5.41) is 7.61. The molecule has 0 aliphatic carbocycles. The molecule has 7 nitrogen and oxygen atoms in total. The Bertz CT molecular complexity index is 871. The molecule has 0 fully saturated rings. The van der Waals surface area contributed by atoms with Crippen LogP contribution >= 0.6 is 11.3 Å². The standard InChI is InChI=1S/C18H27N5O2S2/c1-5-20-18(21-10-9-17-23-13(2)14(3)26-17)22-12-15-7-6-8-16(11-15)27(24,25)19-4/h6-8,11,19H,5,9-10,12H2,1-4H3,(H2,20,21,22). The molecule has 148 valence electrons. The molecule has 3 N–H and O–H groups in total. The monoisotopic (exact) mass is 409 g/mol. The van der Waals surface area contributed by atoms with Crippen molar-refractivity contribution in [2.75, 3.05) is 20.1 Å². The fraction of sp³-hybridized carbons (Fsp3) is 0.444. The third kappa shape index (κ3) is 6.30. The van der Waals surface area contributed by atoms with Crippen molar-refractivity contribution in [1.29, 1.82) is 0 Å². The number of aryl methyl sites for hydroxylation is 2. The number of hydrogen-bond acceptors (Lipinski definition) is 5. The quantitative estimate of drug-likeness (QED) is 0.458. The number of nitrogens with zero attached hydrogens (tertiary/aromatic N) is 2. The van der Waals surface area contributed by atoms with Gasteiger partial charge in [0.1, 0.15) is 0 Å². The van der Waals surface area contributed by atoms with Gasteiger partial charge >= 0.3 is 0 Å². The highest BCUT2D eigenvalue weighted by Gasteiger charge is 2.11. The fourth-order valence-electron chi connectivity index (χ4n) is 2.37. The summed E-state index contributed by atoms with van der Waals surface area (Å²) in [6.07, 6.45) is 0.833. The molecule has 0 unspecified atom stereocenters. The molecule has 27 heavy (non-hydrogen) atoms. The predicted octanol–water partition coefficient (Wildman–Crippen LogP) is 1.97. The first kappa shape index (κ1) is 21.3. The van der Waals surface area contributed by atoms with Crippen LogP contribution in [0.3, 0.4) is 0 Å². The van der Waals surface area contributed by atoms with Gasteiger partial charge in [0.05, 0.1) is 22.1 Å². The van der Waals surface area contributed by atoms with E-state index in [2.05, 4.69) is 32.3 Å². The number of benzene rings is 1. The van der Waals surface area contributed by atoms with Crippen molar-refractivity contribution in [2.24, 2.45) is 4.99 Å². The maximum atomic E-state index is 11.9. The highest BCUT2D eigenvalue weighted by molar-refractivity contribution is 7.89. The van der Waals surface area contributed by atoms with Crippen molar-refractivity contribution >= 4 is 27.3 Å². The second-order valence-corrected chi connectivity index (χ2v) is 9.15. The zero-order valence-corrected chi connectivity index (χ0v) is 17.8. The van der Waals surface area contributed by atoms with Crippen LogP contribution in [0.1, 0.15) is 28.1 Å². The van der Waals surface area contributed by atoms with E-state index in [1.807, 2.05) is 19.9 Å². The number of hydrogen-bond donors (Lipinski definition) is 3. The van der Waals surface area contributed by atoms with Gasteiger partial charge < -0.3 is 10.6 Å². The SMILES string of the molecule is CCNC(=NCc1cccc(S(=O)(=O)NC)c1)NCCc1nc(C)c(C)s1. The lowest BCUT2D eigenvalue weighted by molar-refractivity contribution is 0.588. The average Bonchev–Trinajstić information content (AvgIpc) is 2.97. The molecule has 1 aromatic carbocycles. The zero-order valence-electron chi connectivity index (χ0n) is 16.2. The zero-order chi connectivity index (χ0) is 19.9. The first-order valence-corrected chi connectivity index (χ1v) is 11.1. The Morgan fingerprint density at radius 1 is 1.26 bits per heavy atom. The number of guanidine groups is 1. The van der Waals surface area contributed by atoms with Crippen LogP contribution in [0.25, 0.3) is 0 Å². The number of rotatable bonds is 8. The topological polar surface area (TPSA) is 95.5 Å². The molecule has 1 aromatic heterocycles. The molecule has 0 radical (unpaired) electrons. The largest absolute Gasteiger partial charge is 0.357 e. The average molecular weight is 410 g/mol. The number of aromatic nitrogens is 1. The van der Waals surface area contributed by atoms with Crippen LogP contribution in [0.15, 0.2) is 34.2 Å². The Kier molecular flexibility index (Phi) is 7.76. The molecule has 0 spiro atoms. The number of thiazole rings is 1. The van der Waals surface area contributed by atoms with Gasteiger partial charge in [-0.1, -0.05) is 12.1 Å². The summed E-state index contributed by atoms with van der Waals surface area (Å²) in [5.41, 5.74) is 1.92. The van der Waals surface area contributed by atoms with E-state index < -0.39 is 10.0 Å². The van der Waals surface area contributed by atoms with E-state index >= 15 is 0 Å². The van der Waals surface area contributed by atoms with Crippen LogP contribution in [0, 0.1) is 13.8 Å². The lowest BCUT2D eigenvalue weighted by atomic mass is 10.2. The van der Waals surface area contributed by atoms with E-state index in [9.17, 15) is 8.42 Å². The molecule has 1 heterocycles. The molecule has 0 saturated carbocycles. The molecule has 0 atom stereocenters. The summed E-state index contributed by atoms with van der Waals surface area (Å²) in [7, 11) is -2.05. The van der Waals surface area contributed by atoms with Crippen LogP contribution < -0.4 is 15.4 Å². The van der Waals surface area contributed by atoms with Crippen molar-refractivity contribution in [2.45, 2.75) is 38.6 Å². The third-order valence-electron chi connectivity index (χ3n) is 3.95. The van der Waals surface area contributed by atoms with Gasteiger partial charge in [-0.3, -0.25) is 0 Å². The summed E-state index contributed by atoms with van der Waals surface area (Å²) < 4.78 is 26.2. The molecule has 0 bridgehead atoms. The Balaban J connectivity index is 1.99. The maximum Gasteiger partial charge on any atom is 0.240 e. The number of aliphatic imine (C=N–C) groups is 1. The molecular weight excluding hydrogens is 382 g/mol. The molecule has 0 saturated heterocycles. The smallest absolute Gasteiger partial charge is 0.240 e. The minimum atomic E-state index is -3.45. The lowest BCUT2D eigenvalue weighted by Crippen LogP contribution is -2.38. The van der Waals surface area contributed by atoms with Crippen molar-refractivity contribution in [3.63, 3.8) is 0 Å². The van der Waals surface area contributed by atoms with Crippen LogP contribution in [-0.2, 0) is 23.0 Å². The Morgan fingerprint density at radius 3 is 2.67 bits per heavy atom. The third-order valence-corrected chi connectivity index (χ3v) is 6.49. The predicted molar refractivity (Wildman–Crippen MR) is 111 cm³/mol. The highest BCUT2D eigenvalue weighted by Crippen LogP contribution is 2.16. The van der Waals surface area contributed by atoms with Gasteiger partial charge in [0, 0.05) is 24.4 Å². The van der Waals surface area contributed by atoms with Crippen molar-refractivity contribution in [1.82, 2.24) is 20.3 Å². The lowest BCUT2D eigenvalue weighted by Gasteiger charge is -2.11. The molecule has 0 aliphatic rings. The summed E-state index contributed by atoms with van der Waals surface area (Å²) in [5.74, 6) is 0.698. The first-order valence-electron chi connectivity index (χ1n) is 8.83. The summed E-state index contributed by atoms with van der Waals surface area (Å²) in [6.45, 7) is 7.97. The van der Waals surface area contributed by atoms with Gasteiger partial charge in [0.25, 0.3) is 0 Å². The van der Waals surface area contributed by atoms with Gasteiger partial charge in [0.2, 0.25) is 10.0 Å². The minimum Gasteiger partial charge on any atom is -0.357 e. The van der Waals surface area contributed by atoms with Gasteiger partial charge in [0.15, 0.2) is 5.96 Å². The van der Waals surface area contributed by atoms with E-state index in [1.54, 1.807) is 29.5 Å². The van der Waals surface area contributed by atoms with Crippen LogP contribution in [0.4, 0.5) is 0 Å². The van der Waals surface area contributed by atoms with Gasteiger partial charge in [-0.25, -0.2) is 23.1 Å². The molecular formula is C18H27N5O2S2. The van der Waals surface area contributed by atoms with Crippen molar-refractivity contribution in [3.8, 4) is 0 Å². The second-order valence-electron chi connectivity index (χ2n) is 5.98. The fourth-order valence-corrected chi connectivity index (χ4v) is 4.11. The van der Waals surface area contributed by atoms with E-state index in [0.29, 0.717) is 12.5 Å².